The van der Waals surface area contributed by atoms with Gasteiger partial charge >= 0.3 is 0 Å². The van der Waals surface area contributed by atoms with Gasteiger partial charge in [0.2, 0.25) is 0 Å². The summed E-state index contributed by atoms with van der Waals surface area (Å²) >= 11 is 0. The van der Waals surface area contributed by atoms with E-state index >= 15 is 0 Å². The zero-order valence-electron chi connectivity index (χ0n) is 11.9. The summed E-state index contributed by atoms with van der Waals surface area (Å²) in [5.41, 5.74) is 0. The molecule has 0 saturated heterocycles. The third kappa shape index (κ3) is 2.13. The number of benzene rings is 4. The highest BCUT2D eigenvalue weighted by atomic mass is 32.2. The van der Waals surface area contributed by atoms with Crippen molar-refractivity contribution in [3.8, 4) is 0 Å². The van der Waals surface area contributed by atoms with Gasteiger partial charge in [-0.25, -0.2) is 4.21 Å². The van der Waals surface area contributed by atoms with Gasteiger partial charge in [-0.2, -0.15) is 0 Å². The Hall–Kier alpha value is -2.45. The fourth-order valence-corrected chi connectivity index (χ4v) is 4.25. The highest BCUT2D eigenvalue weighted by Gasteiger charge is 2.13. The summed E-state index contributed by atoms with van der Waals surface area (Å²) in [6, 6.07) is 28.2. The molecule has 0 unspecified atom stereocenters. The Labute approximate surface area is 131 Å². The summed E-state index contributed by atoms with van der Waals surface area (Å²) in [5.74, 6) is 0. The van der Waals surface area contributed by atoms with E-state index in [9.17, 15) is 4.21 Å². The van der Waals surface area contributed by atoms with E-state index in [1.54, 1.807) is 0 Å². The second kappa shape index (κ2) is 5.39. The molecule has 106 valence electrons. The van der Waals surface area contributed by atoms with Crippen LogP contribution in [0.3, 0.4) is 0 Å². The van der Waals surface area contributed by atoms with Crippen LogP contribution < -0.4 is 0 Å². The highest BCUT2D eigenvalue weighted by Crippen LogP contribution is 2.29. The van der Waals surface area contributed by atoms with Gasteiger partial charge in [0.05, 0.1) is 20.6 Å². The van der Waals surface area contributed by atoms with Crippen LogP contribution in [0.2, 0.25) is 0 Å². The standard InChI is InChI=1S/C20H14OS/c21-22(19-13-5-9-15-7-1-3-11-17(15)19)20-14-6-10-16-8-2-4-12-18(16)20/h1-14H. The van der Waals surface area contributed by atoms with Gasteiger partial charge in [0.25, 0.3) is 0 Å². The molecule has 0 atom stereocenters. The Morgan fingerprint density at radius 3 is 1.41 bits per heavy atom. The maximum atomic E-state index is 13.2. The Bertz CT molecular complexity index is 913. The van der Waals surface area contributed by atoms with Crippen LogP contribution in [0.15, 0.2) is 94.7 Å². The van der Waals surface area contributed by atoms with E-state index in [-0.39, 0.29) is 0 Å². The van der Waals surface area contributed by atoms with Crippen molar-refractivity contribution >= 4 is 32.3 Å². The molecule has 0 heterocycles. The second-order valence-electron chi connectivity index (χ2n) is 5.22. The first kappa shape index (κ1) is 13.2. The van der Waals surface area contributed by atoms with Crippen LogP contribution >= 0.6 is 0 Å². The lowest BCUT2D eigenvalue weighted by Crippen LogP contribution is -1.95. The molecule has 4 aromatic carbocycles. The average Bonchev–Trinajstić information content (AvgIpc) is 2.60. The molecule has 22 heavy (non-hydrogen) atoms. The molecule has 0 saturated carbocycles. The summed E-state index contributed by atoms with van der Waals surface area (Å²) < 4.78 is 13.2. The lowest BCUT2D eigenvalue weighted by Gasteiger charge is -2.09. The predicted molar refractivity (Wildman–Crippen MR) is 92.6 cm³/mol. The molecule has 0 fully saturated rings. The minimum absolute atomic E-state index is 0.870. The lowest BCUT2D eigenvalue weighted by molar-refractivity contribution is 0.684. The van der Waals surface area contributed by atoms with Gasteiger partial charge in [0.1, 0.15) is 0 Å². The van der Waals surface area contributed by atoms with Gasteiger partial charge in [0.15, 0.2) is 0 Å². The number of hydrogen-bond donors (Lipinski definition) is 0. The fourth-order valence-electron chi connectivity index (χ4n) is 2.83. The van der Waals surface area contributed by atoms with Gasteiger partial charge in [-0.1, -0.05) is 72.8 Å². The van der Waals surface area contributed by atoms with E-state index in [2.05, 4.69) is 24.3 Å². The van der Waals surface area contributed by atoms with Crippen molar-refractivity contribution in [2.24, 2.45) is 0 Å². The minimum atomic E-state index is -1.20. The molecule has 0 spiro atoms. The molecule has 0 bridgehead atoms. The van der Waals surface area contributed by atoms with E-state index in [1.807, 2.05) is 60.7 Å². The van der Waals surface area contributed by atoms with Crippen LogP contribution in [0.5, 0.6) is 0 Å². The van der Waals surface area contributed by atoms with Crippen molar-refractivity contribution in [1.82, 2.24) is 0 Å². The van der Waals surface area contributed by atoms with E-state index < -0.39 is 10.8 Å². The Morgan fingerprint density at radius 2 is 0.909 bits per heavy atom. The summed E-state index contributed by atoms with van der Waals surface area (Å²) in [6.45, 7) is 0. The average molecular weight is 302 g/mol. The zero-order valence-corrected chi connectivity index (χ0v) is 12.7. The minimum Gasteiger partial charge on any atom is -0.249 e. The monoisotopic (exact) mass is 302 g/mol. The van der Waals surface area contributed by atoms with Crippen molar-refractivity contribution in [3.63, 3.8) is 0 Å². The van der Waals surface area contributed by atoms with Crippen LogP contribution in [0.4, 0.5) is 0 Å². The number of rotatable bonds is 2. The molecule has 1 nitrogen and oxygen atoms in total. The molecule has 4 aromatic rings. The van der Waals surface area contributed by atoms with Crippen molar-refractivity contribution in [2.45, 2.75) is 9.79 Å². The maximum absolute atomic E-state index is 13.2. The van der Waals surface area contributed by atoms with Gasteiger partial charge in [-0.05, 0) is 33.7 Å². The molecule has 0 radical (unpaired) electrons. The predicted octanol–water partition coefficient (Wildman–Crippen LogP) is 5.16. The van der Waals surface area contributed by atoms with Gasteiger partial charge in [0, 0.05) is 0 Å². The zero-order chi connectivity index (χ0) is 14.9. The summed E-state index contributed by atoms with van der Waals surface area (Å²) in [7, 11) is -1.20. The molecule has 2 heteroatoms. The first-order valence-electron chi connectivity index (χ1n) is 7.22. The topological polar surface area (TPSA) is 17.1 Å². The Morgan fingerprint density at radius 1 is 0.500 bits per heavy atom. The molecule has 0 aliphatic rings. The van der Waals surface area contributed by atoms with Crippen LogP contribution in [0.1, 0.15) is 0 Å². The third-order valence-electron chi connectivity index (χ3n) is 3.90. The van der Waals surface area contributed by atoms with E-state index in [1.165, 1.54) is 0 Å². The molecular weight excluding hydrogens is 288 g/mol. The third-order valence-corrected chi connectivity index (χ3v) is 5.41. The van der Waals surface area contributed by atoms with Crippen LogP contribution in [0, 0.1) is 0 Å². The van der Waals surface area contributed by atoms with E-state index in [4.69, 9.17) is 0 Å². The smallest absolute Gasteiger partial charge is 0.0862 e. The van der Waals surface area contributed by atoms with Gasteiger partial charge in [-0.3, -0.25) is 0 Å². The SMILES string of the molecule is O=S(c1cccc2ccccc12)c1cccc2ccccc12. The molecule has 0 aliphatic heterocycles. The quantitative estimate of drug-likeness (QED) is 0.500. The maximum Gasteiger partial charge on any atom is 0.0862 e. The Kier molecular flexibility index (Phi) is 3.24. The lowest BCUT2D eigenvalue weighted by atomic mass is 10.1. The fraction of sp³-hybridized carbons (Fsp3) is 0. The van der Waals surface area contributed by atoms with E-state index in [0.717, 1.165) is 31.3 Å². The molecule has 0 N–H and O–H groups in total. The van der Waals surface area contributed by atoms with Crippen molar-refractivity contribution in [3.05, 3.63) is 84.9 Å². The second-order valence-corrected chi connectivity index (χ2v) is 6.64. The molecule has 0 aromatic heterocycles. The molecule has 4 rings (SSSR count). The van der Waals surface area contributed by atoms with Crippen LogP contribution in [-0.4, -0.2) is 4.21 Å². The normalized spacial score (nSPS) is 11.3. The van der Waals surface area contributed by atoms with Crippen LogP contribution in [-0.2, 0) is 10.8 Å². The summed E-state index contributed by atoms with van der Waals surface area (Å²) in [4.78, 5) is 1.74. The van der Waals surface area contributed by atoms with Gasteiger partial charge in [-0.15, -0.1) is 0 Å². The summed E-state index contributed by atoms with van der Waals surface area (Å²) in [6.07, 6.45) is 0. The highest BCUT2D eigenvalue weighted by molar-refractivity contribution is 7.85. The largest absolute Gasteiger partial charge is 0.249 e. The molecule has 0 amide bonds. The number of hydrogen-bond acceptors (Lipinski definition) is 1. The first-order chi connectivity index (χ1) is 10.8. The van der Waals surface area contributed by atoms with Crippen molar-refractivity contribution in [2.75, 3.05) is 0 Å². The van der Waals surface area contributed by atoms with Crippen molar-refractivity contribution < 1.29 is 4.21 Å². The van der Waals surface area contributed by atoms with Crippen LogP contribution in [0.25, 0.3) is 21.5 Å². The Balaban J connectivity index is 1.97. The first-order valence-corrected chi connectivity index (χ1v) is 8.37. The van der Waals surface area contributed by atoms with E-state index in [0.29, 0.717) is 0 Å². The molecular formula is C20H14OS. The van der Waals surface area contributed by atoms with Crippen molar-refractivity contribution in [1.29, 1.82) is 0 Å². The molecule has 0 aliphatic carbocycles. The number of fused-ring (bicyclic) bond motifs is 2. The van der Waals surface area contributed by atoms with Gasteiger partial charge < -0.3 is 0 Å². The summed E-state index contributed by atoms with van der Waals surface area (Å²) in [5, 5.41) is 4.34.